The van der Waals surface area contributed by atoms with Crippen molar-refractivity contribution in [3.8, 4) is 0 Å². The molecular weight excluding hydrogens is 314 g/mol. The zero-order valence-corrected chi connectivity index (χ0v) is 15.8. The van der Waals surface area contributed by atoms with Crippen LogP contribution in [-0.2, 0) is 6.54 Å². The fraction of sp³-hybridized carbons (Fsp3) is 0.611. The molecule has 0 aliphatic carbocycles. The van der Waals surface area contributed by atoms with E-state index in [9.17, 15) is 0 Å². The fourth-order valence-electron chi connectivity index (χ4n) is 2.80. The lowest BCUT2D eigenvalue weighted by Crippen LogP contribution is -2.33. The summed E-state index contributed by atoms with van der Waals surface area (Å²) < 4.78 is 2.06. The van der Waals surface area contributed by atoms with Crippen LogP contribution in [-0.4, -0.2) is 39.2 Å². The summed E-state index contributed by atoms with van der Waals surface area (Å²) in [7, 11) is 0. The third kappa shape index (κ3) is 5.92. The van der Waals surface area contributed by atoms with E-state index < -0.39 is 0 Å². The monoisotopic (exact) mass is 345 g/mol. The van der Waals surface area contributed by atoms with Crippen molar-refractivity contribution in [2.24, 2.45) is 11.8 Å². The van der Waals surface area contributed by atoms with E-state index in [-0.39, 0.29) is 0 Å². The average Bonchev–Trinajstić information content (AvgIpc) is 3.04. The summed E-state index contributed by atoms with van der Waals surface area (Å²) in [4.78, 5) is 15.1. The molecule has 0 saturated heterocycles. The molecule has 0 aromatic carbocycles. The Bertz CT molecular complexity index is 612. The third-order valence-electron chi connectivity index (χ3n) is 3.78. The topological polar surface area (TPSA) is 84.9 Å². The summed E-state index contributed by atoms with van der Waals surface area (Å²) >= 11 is 0. The van der Waals surface area contributed by atoms with E-state index in [2.05, 4.69) is 57.4 Å². The Kier molecular flexibility index (Phi) is 7.03. The Hall–Kier alpha value is -2.31. The summed E-state index contributed by atoms with van der Waals surface area (Å²) in [6.45, 7) is 12.4. The first-order valence-electron chi connectivity index (χ1n) is 9.02. The number of anilines is 3. The highest BCUT2D eigenvalue weighted by Crippen LogP contribution is 2.27. The molecule has 2 aromatic rings. The van der Waals surface area contributed by atoms with Gasteiger partial charge in [0.05, 0.1) is 6.33 Å². The van der Waals surface area contributed by atoms with E-state index in [4.69, 9.17) is 5.73 Å². The minimum atomic E-state index is 0.541. The lowest BCUT2D eigenvalue weighted by Gasteiger charge is -2.28. The highest BCUT2D eigenvalue weighted by atomic mass is 15.2. The number of aromatic nitrogens is 4. The maximum absolute atomic E-state index is 6.37. The predicted molar refractivity (Wildman–Crippen MR) is 104 cm³/mol. The van der Waals surface area contributed by atoms with Gasteiger partial charge in [0.25, 0.3) is 0 Å². The number of hydrogen-bond donors (Lipinski definition) is 2. The van der Waals surface area contributed by atoms with Gasteiger partial charge in [-0.2, -0.15) is 0 Å². The number of nitrogens with zero attached hydrogens (tertiary/aromatic N) is 5. The first-order chi connectivity index (χ1) is 12.0. The molecule has 0 fully saturated rings. The van der Waals surface area contributed by atoms with Crippen molar-refractivity contribution in [3.05, 3.63) is 25.0 Å². The van der Waals surface area contributed by atoms with Crippen LogP contribution in [0.25, 0.3) is 0 Å². The maximum atomic E-state index is 6.37. The van der Waals surface area contributed by atoms with E-state index in [1.807, 2.05) is 12.5 Å². The molecule has 7 heteroatoms. The third-order valence-corrected chi connectivity index (χ3v) is 3.78. The molecular formula is C18H31N7. The van der Waals surface area contributed by atoms with E-state index in [0.29, 0.717) is 23.3 Å². The molecule has 0 aliphatic heterocycles. The Morgan fingerprint density at radius 2 is 1.88 bits per heavy atom. The van der Waals surface area contributed by atoms with Gasteiger partial charge < -0.3 is 20.5 Å². The van der Waals surface area contributed by atoms with E-state index >= 15 is 0 Å². The summed E-state index contributed by atoms with van der Waals surface area (Å²) in [5.41, 5.74) is 7.00. The van der Waals surface area contributed by atoms with Crippen LogP contribution in [0, 0.1) is 11.8 Å². The number of nitrogens with two attached hydrogens (primary N) is 1. The van der Waals surface area contributed by atoms with E-state index in [1.54, 1.807) is 12.5 Å². The number of aryl methyl sites for hydroxylation is 1. The zero-order valence-electron chi connectivity index (χ0n) is 15.8. The first kappa shape index (κ1) is 19.0. The predicted octanol–water partition coefficient (Wildman–Crippen LogP) is 2.88. The number of imidazole rings is 1. The molecule has 2 heterocycles. The molecule has 0 amide bonds. The Balaban J connectivity index is 2.00. The minimum Gasteiger partial charge on any atom is -0.393 e. The smallest absolute Gasteiger partial charge is 0.157 e. The highest BCUT2D eigenvalue weighted by molar-refractivity contribution is 5.74. The zero-order chi connectivity index (χ0) is 18.2. The van der Waals surface area contributed by atoms with Crippen LogP contribution in [0.3, 0.4) is 0 Å². The van der Waals surface area contributed by atoms with Gasteiger partial charge >= 0.3 is 0 Å². The molecule has 2 rings (SSSR count). The first-order valence-corrected chi connectivity index (χ1v) is 9.02. The van der Waals surface area contributed by atoms with Gasteiger partial charge in [0.1, 0.15) is 12.0 Å². The van der Waals surface area contributed by atoms with Crippen molar-refractivity contribution < 1.29 is 0 Å². The van der Waals surface area contributed by atoms with Crippen molar-refractivity contribution >= 4 is 17.3 Å². The Morgan fingerprint density at radius 1 is 1.16 bits per heavy atom. The molecule has 0 unspecified atom stereocenters. The summed E-state index contributed by atoms with van der Waals surface area (Å²) in [5.74, 6) is 2.63. The number of nitrogen functional groups attached to an aromatic ring is 1. The van der Waals surface area contributed by atoms with Gasteiger partial charge in [-0.05, 0) is 18.3 Å². The van der Waals surface area contributed by atoms with E-state index in [0.717, 1.165) is 38.4 Å². The second-order valence-electron chi connectivity index (χ2n) is 7.23. The standard InChI is InChI=1S/C18H31N7/c1-14(2)10-25(11-15(3)4)18-16(19)17(22-12-23-18)21-6-5-8-24-9-7-20-13-24/h7,9,12-15H,5-6,8,10-11,19H2,1-4H3,(H,21,22,23). The molecule has 0 spiro atoms. The number of nitrogens with one attached hydrogen (secondary N) is 1. The maximum Gasteiger partial charge on any atom is 0.157 e. The normalized spacial score (nSPS) is 11.3. The molecule has 7 nitrogen and oxygen atoms in total. The van der Waals surface area contributed by atoms with Gasteiger partial charge in [0.2, 0.25) is 0 Å². The lowest BCUT2D eigenvalue weighted by atomic mass is 10.1. The molecule has 3 N–H and O–H groups in total. The van der Waals surface area contributed by atoms with Crippen molar-refractivity contribution in [1.29, 1.82) is 0 Å². The van der Waals surface area contributed by atoms with Crippen LogP contribution in [0.15, 0.2) is 25.0 Å². The Morgan fingerprint density at radius 3 is 2.48 bits per heavy atom. The van der Waals surface area contributed by atoms with Gasteiger partial charge in [0.15, 0.2) is 11.6 Å². The molecule has 2 aromatic heterocycles. The molecule has 0 atom stereocenters. The van der Waals surface area contributed by atoms with Gasteiger partial charge in [-0.1, -0.05) is 27.7 Å². The average molecular weight is 345 g/mol. The summed E-state index contributed by atoms with van der Waals surface area (Å²) in [6, 6.07) is 0. The van der Waals surface area contributed by atoms with Crippen molar-refractivity contribution in [1.82, 2.24) is 19.5 Å². The Labute approximate surface area is 150 Å². The quantitative estimate of drug-likeness (QED) is 0.644. The van der Waals surface area contributed by atoms with Crippen LogP contribution in [0.1, 0.15) is 34.1 Å². The summed E-state index contributed by atoms with van der Waals surface area (Å²) in [6.07, 6.45) is 8.15. The van der Waals surface area contributed by atoms with E-state index in [1.165, 1.54) is 0 Å². The molecule has 0 saturated carbocycles. The van der Waals surface area contributed by atoms with Crippen LogP contribution < -0.4 is 16.0 Å². The lowest BCUT2D eigenvalue weighted by molar-refractivity contribution is 0.549. The molecule has 138 valence electrons. The van der Waals surface area contributed by atoms with Crippen LogP contribution in [0.2, 0.25) is 0 Å². The molecule has 0 radical (unpaired) electrons. The van der Waals surface area contributed by atoms with Gasteiger partial charge in [0, 0.05) is 38.6 Å². The second-order valence-corrected chi connectivity index (χ2v) is 7.23. The van der Waals surface area contributed by atoms with Gasteiger partial charge in [-0.25, -0.2) is 15.0 Å². The fourth-order valence-corrected chi connectivity index (χ4v) is 2.80. The largest absolute Gasteiger partial charge is 0.393 e. The van der Waals surface area contributed by atoms with Crippen molar-refractivity contribution in [3.63, 3.8) is 0 Å². The van der Waals surface area contributed by atoms with Crippen molar-refractivity contribution in [2.75, 3.05) is 35.6 Å². The number of hydrogen-bond acceptors (Lipinski definition) is 6. The van der Waals surface area contributed by atoms with Crippen LogP contribution >= 0.6 is 0 Å². The highest BCUT2D eigenvalue weighted by Gasteiger charge is 2.17. The number of rotatable bonds is 10. The molecule has 25 heavy (non-hydrogen) atoms. The molecule has 0 aliphatic rings. The second kappa shape index (κ2) is 9.25. The summed E-state index contributed by atoms with van der Waals surface area (Å²) in [5, 5.41) is 3.34. The minimum absolute atomic E-state index is 0.541. The molecule has 0 bridgehead atoms. The van der Waals surface area contributed by atoms with Crippen molar-refractivity contribution in [2.45, 2.75) is 40.7 Å². The van der Waals surface area contributed by atoms with Gasteiger partial charge in [-0.3, -0.25) is 0 Å². The van der Waals surface area contributed by atoms with Crippen LogP contribution in [0.5, 0.6) is 0 Å². The van der Waals surface area contributed by atoms with Gasteiger partial charge in [-0.15, -0.1) is 0 Å². The SMILES string of the molecule is CC(C)CN(CC(C)C)c1ncnc(NCCCn2ccnc2)c1N. The van der Waals surface area contributed by atoms with Crippen LogP contribution in [0.4, 0.5) is 17.3 Å².